The lowest BCUT2D eigenvalue weighted by molar-refractivity contribution is 0.627. The third-order valence-electron chi connectivity index (χ3n) is 2.04. The number of hydrogen-bond donors (Lipinski definition) is 0. The van der Waals surface area contributed by atoms with Crippen molar-refractivity contribution in [2.45, 2.75) is 13.8 Å². The van der Waals surface area contributed by atoms with E-state index in [1.54, 1.807) is 12.1 Å². The molecule has 0 aromatic heterocycles. The van der Waals surface area contributed by atoms with E-state index in [1.807, 2.05) is 32.0 Å². The van der Waals surface area contributed by atoms with E-state index >= 15 is 0 Å². The van der Waals surface area contributed by atoms with Gasteiger partial charge >= 0.3 is 0 Å². The van der Waals surface area contributed by atoms with Crippen LogP contribution in [0.1, 0.15) is 19.4 Å². The van der Waals surface area contributed by atoms with Gasteiger partial charge in [-0.15, -0.1) is 0 Å². The number of benzene rings is 1. The lowest BCUT2D eigenvalue weighted by Gasteiger charge is -2.17. The summed E-state index contributed by atoms with van der Waals surface area (Å²) in [7, 11) is 1.94. The highest BCUT2D eigenvalue weighted by Crippen LogP contribution is 2.22. The van der Waals surface area contributed by atoms with Gasteiger partial charge in [0.2, 0.25) is 0 Å². The molecule has 0 aliphatic carbocycles. The largest absolute Gasteiger partial charge is 0.351 e. The van der Waals surface area contributed by atoms with Crippen LogP contribution in [0.25, 0.3) is 6.08 Å². The Balaban J connectivity index is 3.13. The standard InChI is InChI=1S/C13H16FN/c1-5-11-8-12(14)6-7-13(11)15(4)9-10(2)3/h5-9H,1H2,2-4H3. The predicted molar refractivity (Wildman–Crippen MR) is 64.3 cm³/mol. The molecule has 0 saturated carbocycles. The van der Waals surface area contributed by atoms with Gasteiger partial charge in [-0.1, -0.05) is 18.2 Å². The molecule has 0 aliphatic heterocycles. The van der Waals surface area contributed by atoms with Crippen LogP contribution in [0.5, 0.6) is 0 Å². The molecule has 0 heterocycles. The van der Waals surface area contributed by atoms with E-state index in [2.05, 4.69) is 6.58 Å². The third kappa shape index (κ3) is 2.94. The molecule has 1 aromatic rings. The summed E-state index contributed by atoms with van der Waals surface area (Å²) in [5.74, 6) is -0.237. The van der Waals surface area contributed by atoms with Gasteiger partial charge in [-0.05, 0) is 32.0 Å². The Morgan fingerprint density at radius 3 is 2.60 bits per heavy atom. The Hall–Kier alpha value is -1.57. The number of hydrogen-bond acceptors (Lipinski definition) is 1. The Morgan fingerprint density at radius 2 is 2.07 bits per heavy atom. The molecule has 0 radical (unpaired) electrons. The van der Waals surface area contributed by atoms with Crippen molar-refractivity contribution < 1.29 is 4.39 Å². The van der Waals surface area contributed by atoms with Gasteiger partial charge < -0.3 is 4.90 Å². The highest BCUT2D eigenvalue weighted by atomic mass is 19.1. The second-order valence-corrected chi connectivity index (χ2v) is 3.72. The molecule has 1 nitrogen and oxygen atoms in total. The van der Waals surface area contributed by atoms with Crippen molar-refractivity contribution in [2.24, 2.45) is 0 Å². The summed E-state index contributed by atoms with van der Waals surface area (Å²) >= 11 is 0. The number of allylic oxidation sites excluding steroid dienone is 1. The molecular formula is C13H16FN. The normalized spacial score (nSPS) is 9.60. The van der Waals surface area contributed by atoms with E-state index in [1.165, 1.54) is 17.7 Å². The quantitative estimate of drug-likeness (QED) is 0.725. The molecule has 2 heteroatoms. The molecule has 15 heavy (non-hydrogen) atoms. The summed E-state index contributed by atoms with van der Waals surface area (Å²) in [6.07, 6.45) is 3.66. The van der Waals surface area contributed by atoms with Gasteiger partial charge in [0.15, 0.2) is 0 Å². The fraction of sp³-hybridized carbons (Fsp3) is 0.231. The zero-order chi connectivity index (χ0) is 11.4. The molecule has 0 unspecified atom stereocenters. The van der Waals surface area contributed by atoms with Crippen molar-refractivity contribution in [3.05, 3.63) is 47.9 Å². The van der Waals surface area contributed by atoms with Crippen LogP contribution < -0.4 is 4.90 Å². The molecule has 0 fully saturated rings. The second kappa shape index (κ2) is 4.78. The summed E-state index contributed by atoms with van der Waals surface area (Å²) < 4.78 is 13.0. The monoisotopic (exact) mass is 205 g/mol. The molecule has 0 spiro atoms. The Bertz CT molecular complexity index is 390. The van der Waals surface area contributed by atoms with Gasteiger partial charge in [0, 0.05) is 24.5 Å². The highest BCUT2D eigenvalue weighted by Gasteiger charge is 2.04. The average molecular weight is 205 g/mol. The van der Waals surface area contributed by atoms with Crippen LogP contribution in [-0.4, -0.2) is 7.05 Å². The number of anilines is 1. The Morgan fingerprint density at radius 1 is 1.40 bits per heavy atom. The van der Waals surface area contributed by atoms with Crippen molar-refractivity contribution in [3.8, 4) is 0 Å². The second-order valence-electron chi connectivity index (χ2n) is 3.72. The minimum atomic E-state index is -0.237. The first-order chi connectivity index (χ1) is 7.04. The lowest BCUT2D eigenvalue weighted by Crippen LogP contribution is -2.10. The molecule has 80 valence electrons. The maximum atomic E-state index is 13.0. The van der Waals surface area contributed by atoms with Gasteiger partial charge in [-0.25, -0.2) is 4.39 Å². The molecule has 0 atom stereocenters. The van der Waals surface area contributed by atoms with Crippen LogP contribution in [0.4, 0.5) is 10.1 Å². The Kier molecular flexibility index (Phi) is 3.67. The van der Waals surface area contributed by atoms with Gasteiger partial charge in [0.25, 0.3) is 0 Å². The molecule has 0 N–H and O–H groups in total. The minimum absolute atomic E-state index is 0.237. The predicted octanol–water partition coefficient (Wildman–Crippen LogP) is 3.83. The maximum absolute atomic E-state index is 13.0. The summed E-state index contributed by atoms with van der Waals surface area (Å²) in [5.41, 5.74) is 2.94. The smallest absolute Gasteiger partial charge is 0.123 e. The maximum Gasteiger partial charge on any atom is 0.123 e. The first-order valence-corrected chi connectivity index (χ1v) is 4.84. The van der Waals surface area contributed by atoms with Gasteiger partial charge in [-0.3, -0.25) is 0 Å². The lowest BCUT2D eigenvalue weighted by atomic mass is 10.1. The summed E-state index contributed by atoms with van der Waals surface area (Å²) in [6.45, 7) is 7.72. The van der Waals surface area contributed by atoms with E-state index in [0.29, 0.717) is 0 Å². The van der Waals surface area contributed by atoms with Crippen molar-refractivity contribution in [1.82, 2.24) is 0 Å². The minimum Gasteiger partial charge on any atom is -0.351 e. The molecule has 0 saturated heterocycles. The molecule has 0 amide bonds. The van der Waals surface area contributed by atoms with Crippen LogP contribution >= 0.6 is 0 Å². The fourth-order valence-corrected chi connectivity index (χ4v) is 1.47. The first-order valence-electron chi connectivity index (χ1n) is 4.84. The SMILES string of the molecule is C=Cc1cc(F)ccc1N(C)C=C(C)C. The number of halogens is 1. The third-order valence-corrected chi connectivity index (χ3v) is 2.04. The highest BCUT2D eigenvalue weighted by molar-refractivity contribution is 5.67. The zero-order valence-electron chi connectivity index (χ0n) is 9.42. The molecule has 0 bridgehead atoms. The van der Waals surface area contributed by atoms with Crippen LogP contribution in [-0.2, 0) is 0 Å². The zero-order valence-corrected chi connectivity index (χ0v) is 9.42. The fourth-order valence-electron chi connectivity index (χ4n) is 1.47. The summed E-state index contributed by atoms with van der Waals surface area (Å²) in [5, 5.41) is 0. The Labute approximate surface area is 90.5 Å². The molecule has 1 aromatic carbocycles. The van der Waals surface area contributed by atoms with E-state index in [0.717, 1.165) is 11.3 Å². The van der Waals surface area contributed by atoms with E-state index < -0.39 is 0 Å². The van der Waals surface area contributed by atoms with Crippen LogP contribution in [0.15, 0.2) is 36.6 Å². The van der Waals surface area contributed by atoms with Gasteiger partial charge in [-0.2, -0.15) is 0 Å². The average Bonchev–Trinajstić information content (AvgIpc) is 2.16. The van der Waals surface area contributed by atoms with Crippen molar-refractivity contribution in [2.75, 3.05) is 11.9 Å². The molecule has 1 rings (SSSR count). The van der Waals surface area contributed by atoms with E-state index in [4.69, 9.17) is 0 Å². The van der Waals surface area contributed by atoms with E-state index in [-0.39, 0.29) is 5.82 Å². The topological polar surface area (TPSA) is 3.24 Å². The number of nitrogens with zero attached hydrogens (tertiary/aromatic N) is 1. The van der Waals surface area contributed by atoms with Crippen molar-refractivity contribution >= 4 is 11.8 Å². The van der Waals surface area contributed by atoms with Gasteiger partial charge in [0.1, 0.15) is 5.82 Å². The van der Waals surface area contributed by atoms with Gasteiger partial charge in [0.05, 0.1) is 0 Å². The molecular weight excluding hydrogens is 189 g/mol. The summed E-state index contributed by atoms with van der Waals surface area (Å²) in [6, 6.07) is 4.70. The number of rotatable bonds is 3. The van der Waals surface area contributed by atoms with E-state index in [9.17, 15) is 4.39 Å². The van der Waals surface area contributed by atoms with Crippen LogP contribution in [0.3, 0.4) is 0 Å². The summed E-state index contributed by atoms with van der Waals surface area (Å²) in [4.78, 5) is 1.96. The van der Waals surface area contributed by atoms with Crippen molar-refractivity contribution in [1.29, 1.82) is 0 Å². The van der Waals surface area contributed by atoms with Crippen LogP contribution in [0.2, 0.25) is 0 Å². The molecule has 0 aliphatic rings. The van der Waals surface area contributed by atoms with Crippen LogP contribution in [0, 0.1) is 5.82 Å². The first kappa shape index (κ1) is 11.5. The van der Waals surface area contributed by atoms with Crippen molar-refractivity contribution in [3.63, 3.8) is 0 Å².